The Morgan fingerprint density at radius 3 is 2.65 bits per heavy atom. The van der Waals surface area contributed by atoms with Gasteiger partial charge in [-0.1, -0.05) is 0 Å². The third-order valence-corrected chi connectivity index (χ3v) is 3.31. The molecule has 2 rings (SSSR count). The van der Waals surface area contributed by atoms with E-state index in [2.05, 4.69) is 0 Å². The molecule has 0 radical (unpaired) electrons. The number of hydrogen-bond acceptors (Lipinski definition) is 4. The van der Waals surface area contributed by atoms with E-state index in [4.69, 9.17) is 5.73 Å². The van der Waals surface area contributed by atoms with Crippen LogP contribution in [-0.4, -0.2) is 24.1 Å². The molecule has 0 spiro atoms. The number of benzene rings is 1. The fourth-order valence-electron chi connectivity index (χ4n) is 2.35. The van der Waals surface area contributed by atoms with Crippen LogP contribution < -0.4 is 10.6 Å². The molecule has 1 aromatic rings. The summed E-state index contributed by atoms with van der Waals surface area (Å²) >= 11 is 0. The van der Waals surface area contributed by atoms with Gasteiger partial charge in [-0.2, -0.15) is 13.2 Å². The van der Waals surface area contributed by atoms with Crippen LogP contribution in [0.15, 0.2) is 18.2 Å². The van der Waals surface area contributed by atoms with E-state index in [0.717, 1.165) is 25.0 Å². The fourth-order valence-corrected chi connectivity index (χ4v) is 2.35. The zero-order valence-corrected chi connectivity index (χ0v) is 10.6. The van der Waals surface area contributed by atoms with Crippen LogP contribution in [0.1, 0.15) is 18.4 Å². The van der Waals surface area contributed by atoms with Gasteiger partial charge in [-0.25, -0.2) is 0 Å². The van der Waals surface area contributed by atoms with Gasteiger partial charge in [0, 0.05) is 30.9 Å². The first-order chi connectivity index (χ1) is 9.29. The van der Waals surface area contributed by atoms with Crippen LogP contribution >= 0.6 is 0 Å². The molecule has 0 aromatic heterocycles. The van der Waals surface area contributed by atoms with Crippen molar-refractivity contribution in [3.8, 4) is 0 Å². The lowest BCUT2D eigenvalue weighted by Gasteiger charge is -2.32. The topological polar surface area (TPSA) is 72.4 Å². The highest BCUT2D eigenvalue weighted by atomic mass is 19.4. The number of nitrogens with zero attached hydrogens (tertiary/aromatic N) is 2. The zero-order chi connectivity index (χ0) is 14.9. The second-order valence-corrected chi connectivity index (χ2v) is 4.80. The Bertz CT molecular complexity index is 519. The van der Waals surface area contributed by atoms with E-state index in [1.807, 2.05) is 0 Å². The van der Waals surface area contributed by atoms with Crippen molar-refractivity contribution in [3.05, 3.63) is 33.9 Å². The maximum atomic E-state index is 12.9. The average Bonchev–Trinajstić information content (AvgIpc) is 2.37. The predicted molar refractivity (Wildman–Crippen MR) is 67.5 cm³/mol. The van der Waals surface area contributed by atoms with Crippen molar-refractivity contribution in [2.45, 2.75) is 25.1 Å². The van der Waals surface area contributed by atoms with E-state index in [1.165, 1.54) is 6.07 Å². The van der Waals surface area contributed by atoms with Gasteiger partial charge in [-0.15, -0.1) is 0 Å². The maximum absolute atomic E-state index is 12.9. The summed E-state index contributed by atoms with van der Waals surface area (Å²) in [4.78, 5) is 11.4. The van der Waals surface area contributed by atoms with Crippen molar-refractivity contribution in [1.82, 2.24) is 0 Å². The van der Waals surface area contributed by atoms with Crippen molar-refractivity contribution >= 4 is 11.4 Å². The Balaban J connectivity index is 2.39. The van der Waals surface area contributed by atoms with Crippen LogP contribution in [0.4, 0.5) is 24.5 Å². The van der Waals surface area contributed by atoms with E-state index in [1.54, 1.807) is 4.90 Å². The molecule has 5 nitrogen and oxygen atoms in total. The molecule has 2 N–H and O–H groups in total. The lowest BCUT2D eigenvalue weighted by atomic mass is 10.0. The second kappa shape index (κ2) is 5.28. The van der Waals surface area contributed by atoms with E-state index in [-0.39, 0.29) is 6.04 Å². The zero-order valence-electron chi connectivity index (χ0n) is 10.6. The summed E-state index contributed by atoms with van der Waals surface area (Å²) in [6.45, 7) is 1.05. The van der Waals surface area contributed by atoms with Gasteiger partial charge in [0.1, 0.15) is 5.56 Å². The van der Waals surface area contributed by atoms with Gasteiger partial charge in [0.05, 0.1) is 4.92 Å². The molecule has 1 unspecified atom stereocenters. The normalized spacial score (nSPS) is 20.0. The SMILES string of the molecule is NC1CCCN(c2ccc([N+](=O)[O-])c(C(F)(F)F)c2)C1. The summed E-state index contributed by atoms with van der Waals surface area (Å²) in [7, 11) is 0. The molecule has 0 aliphatic carbocycles. The summed E-state index contributed by atoms with van der Waals surface area (Å²) in [5.74, 6) is 0. The lowest BCUT2D eigenvalue weighted by Crippen LogP contribution is -2.42. The number of alkyl halides is 3. The molecular formula is C12H14F3N3O2. The highest BCUT2D eigenvalue weighted by Gasteiger charge is 2.38. The molecular weight excluding hydrogens is 275 g/mol. The van der Waals surface area contributed by atoms with Gasteiger partial charge in [0.2, 0.25) is 0 Å². The number of hydrogen-bond donors (Lipinski definition) is 1. The van der Waals surface area contributed by atoms with Gasteiger partial charge in [0.25, 0.3) is 5.69 Å². The summed E-state index contributed by atoms with van der Waals surface area (Å²) in [6, 6.07) is 2.98. The van der Waals surface area contributed by atoms with Crippen LogP contribution in [0.5, 0.6) is 0 Å². The van der Waals surface area contributed by atoms with Gasteiger partial charge < -0.3 is 10.6 Å². The maximum Gasteiger partial charge on any atom is 0.423 e. The Hall–Kier alpha value is -1.83. The van der Waals surface area contributed by atoms with Crippen LogP contribution in [-0.2, 0) is 6.18 Å². The van der Waals surface area contributed by atoms with Gasteiger partial charge in [-0.3, -0.25) is 10.1 Å². The number of piperidine rings is 1. The van der Waals surface area contributed by atoms with E-state index < -0.39 is 22.4 Å². The summed E-state index contributed by atoms with van der Waals surface area (Å²) in [6.07, 6.45) is -3.13. The minimum atomic E-state index is -4.75. The van der Waals surface area contributed by atoms with Crippen molar-refractivity contribution < 1.29 is 18.1 Å². The standard InChI is InChI=1S/C12H14F3N3O2/c13-12(14,15)10-6-9(3-4-11(10)18(19)20)17-5-1-2-8(16)7-17/h3-4,6,8H,1-2,5,7,16H2. The van der Waals surface area contributed by atoms with Crippen molar-refractivity contribution in [2.24, 2.45) is 5.73 Å². The first-order valence-electron chi connectivity index (χ1n) is 6.15. The van der Waals surface area contributed by atoms with E-state index >= 15 is 0 Å². The Labute approximate surface area is 113 Å². The summed E-state index contributed by atoms with van der Waals surface area (Å²) < 4.78 is 38.7. The van der Waals surface area contributed by atoms with Crippen LogP contribution in [0, 0.1) is 10.1 Å². The molecule has 1 atom stereocenters. The third-order valence-electron chi connectivity index (χ3n) is 3.31. The Morgan fingerprint density at radius 2 is 2.10 bits per heavy atom. The molecule has 0 amide bonds. The molecule has 1 fully saturated rings. The van der Waals surface area contributed by atoms with Gasteiger partial charge in [0.15, 0.2) is 0 Å². The quantitative estimate of drug-likeness (QED) is 0.670. The number of nitro benzene ring substituents is 1. The van der Waals surface area contributed by atoms with Gasteiger partial charge in [-0.05, 0) is 25.0 Å². The van der Waals surface area contributed by atoms with Crippen LogP contribution in [0.2, 0.25) is 0 Å². The molecule has 8 heteroatoms. The van der Waals surface area contributed by atoms with Crippen LogP contribution in [0.25, 0.3) is 0 Å². The van der Waals surface area contributed by atoms with Crippen LogP contribution in [0.3, 0.4) is 0 Å². The number of halogens is 3. The van der Waals surface area contributed by atoms with Crippen molar-refractivity contribution in [1.29, 1.82) is 0 Å². The van der Waals surface area contributed by atoms with Crippen molar-refractivity contribution in [3.63, 3.8) is 0 Å². The van der Waals surface area contributed by atoms with Gasteiger partial charge >= 0.3 is 6.18 Å². The molecule has 1 heterocycles. The minimum Gasteiger partial charge on any atom is -0.370 e. The number of nitrogens with two attached hydrogens (primary N) is 1. The monoisotopic (exact) mass is 289 g/mol. The average molecular weight is 289 g/mol. The fraction of sp³-hybridized carbons (Fsp3) is 0.500. The molecule has 1 aliphatic rings. The van der Waals surface area contributed by atoms with Crippen molar-refractivity contribution in [2.75, 3.05) is 18.0 Å². The second-order valence-electron chi connectivity index (χ2n) is 4.80. The molecule has 0 saturated carbocycles. The molecule has 1 aromatic carbocycles. The highest BCUT2D eigenvalue weighted by Crippen LogP contribution is 2.38. The predicted octanol–water partition coefficient (Wildman–Crippen LogP) is 2.54. The molecule has 1 saturated heterocycles. The first kappa shape index (κ1) is 14.6. The molecule has 1 aliphatic heterocycles. The highest BCUT2D eigenvalue weighted by molar-refractivity contribution is 5.57. The molecule has 110 valence electrons. The number of anilines is 1. The first-order valence-corrected chi connectivity index (χ1v) is 6.15. The largest absolute Gasteiger partial charge is 0.423 e. The lowest BCUT2D eigenvalue weighted by molar-refractivity contribution is -0.388. The third kappa shape index (κ3) is 3.01. The number of rotatable bonds is 2. The Morgan fingerprint density at radius 1 is 1.40 bits per heavy atom. The van der Waals surface area contributed by atoms with E-state index in [0.29, 0.717) is 18.8 Å². The summed E-state index contributed by atoms with van der Waals surface area (Å²) in [5.41, 5.74) is 3.96. The summed E-state index contributed by atoms with van der Waals surface area (Å²) in [5, 5.41) is 10.7. The minimum absolute atomic E-state index is 0.0896. The molecule has 0 bridgehead atoms. The number of nitro groups is 1. The molecule has 20 heavy (non-hydrogen) atoms. The Kier molecular flexibility index (Phi) is 3.85. The smallest absolute Gasteiger partial charge is 0.370 e. The van der Waals surface area contributed by atoms with E-state index in [9.17, 15) is 23.3 Å².